The second-order valence-corrected chi connectivity index (χ2v) is 7.20. The molecule has 0 saturated carbocycles. The quantitative estimate of drug-likeness (QED) is 0.851. The molecule has 0 spiro atoms. The van der Waals surface area contributed by atoms with Crippen molar-refractivity contribution >= 4 is 11.8 Å². The van der Waals surface area contributed by atoms with Crippen LogP contribution in [0.2, 0.25) is 0 Å². The predicted octanol–water partition coefficient (Wildman–Crippen LogP) is 2.80. The number of rotatable bonds is 4. The van der Waals surface area contributed by atoms with E-state index < -0.39 is 0 Å². The highest BCUT2D eigenvalue weighted by Crippen LogP contribution is 2.51. The summed E-state index contributed by atoms with van der Waals surface area (Å²) in [5, 5.41) is 10.1. The van der Waals surface area contributed by atoms with Gasteiger partial charge in [-0.2, -0.15) is 0 Å². The Hall–Kier alpha value is -3.06. The monoisotopic (exact) mass is 397 g/mol. The molecule has 7 nitrogen and oxygen atoms in total. The number of hydrogen-bond donors (Lipinski definition) is 1. The van der Waals surface area contributed by atoms with E-state index in [1.807, 2.05) is 6.07 Å². The number of ether oxygens (including phenoxy) is 5. The van der Waals surface area contributed by atoms with E-state index in [0.717, 1.165) is 46.7 Å². The molecular formula is C22H23NO6. The van der Waals surface area contributed by atoms with E-state index in [1.54, 1.807) is 21.3 Å². The van der Waals surface area contributed by atoms with E-state index in [9.17, 15) is 5.11 Å². The maximum atomic E-state index is 10.1. The minimum atomic E-state index is -0.141. The zero-order valence-electron chi connectivity index (χ0n) is 16.7. The van der Waals surface area contributed by atoms with Crippen LogP contribution >= 0.6 is 0 Å². The van der Waals surface area contributed by atoms with Crippen molar-refractivity contribution in [3.63, 3.8) is 0 Å². The highest BCUT2D eigenvalue weighted by molar-refractivity contribution is 5.90. The van der Waals surface area contributed by atoms with Crippen LogP contribution in [0.1, 0.15) is 27.8 Å². The molecule has 0 bridgehead atoms. The number of nitrogens with zero attached hydrogens (tertiary/aromatic N) is 1. The molecule has 1 N–H and O–H groups in total. The fraction of sp³-hybridized carbons (Fsp3) is 0.364. The van der Waals surface area contributed by atoms with E-state index in [-0.39, 0.29) is 13.4 Å². The Morgan fingerprint density at radius 1 is 1.03 bits per heavy atom. The predicted molar refractivity (Wildman–Crippen MR) is 107 cm³/mol. The van der Waals surface area contributed by atoms with Crippen LogP contribution in [-0.2, 0) is 19.6 Å². The molecule has 0 saturated heterocycles. The van der Waals surface area contributed by atoms with Crippen molar-refractivity contribution in [2.45, 2.75) is 19.6 Å². The summed E-state index contributed by atoms with van der Waals surface area (Å²) in [6.07, 6.45) is 2.99. The first-order valence-corrected chi connectivity index (χ1v) is 9.54. The summed E-state index contributed by atoms with van der Waals surface area (Å²) >= 11 is 0. The van der Waals surface area contributed by atoms with Crippen molar-refractivity contribution in [2.75, 3.05) is 34.7 Å². The maximum absolute atomic E-state index is 10.1. The molecule has 7 heteroatoms. The summed E-state index contributed by atoms with van der Waals surface area (Å²) in [5.41, 5.74) is 6.02. The Kier molecular flexibility index (Phi) is 4.20. The highest BCUT2D eigenvalue weighted by Gasteiger charge is 2.34. The summed E-state index contributed by atoms with van der Waals surface area (Å²) in [7, 11) is 4.85. The van der Waals surface area contributed by atoms with E-state index in [2.05, 4.69) is 17.0 Å². The first kappa shape index (κ1) is 18.0. The molecule has 152 valence electrons. The van der Waals surface area contributed by atoms with E-state index in [4.69, 9.17) is 23.7 Å². The molecule has 3 aliphatic heterocycles. The third kappa shape index (κ3) is 2.54. The molecule has 2 aromatic carbocycles. The molecule has 0 radical (unpaired) electrons. The minimum Gasteiger partial charge on any atom is -0.493 e. The summed E-state index contributed by atoms with van der Waals surface area (Å²) in [6.45, 7) is 1.65. The summed E-state index contributed by atoms with van der Waals surface area (Å²) in [6, 6.07) is 4.04. The maximum Gasteiger partial charge on any atom is 0.231 e. The average Bonchev–Trinajstić information content (AvgIpc) is 3.22. The third-order valence-corrected chi connectivity index (χ3v) is 5.85. The molecule has 0 unspecified atom stereocenters. The van der Waals surface area contributed by atoms with Crippen LogP contribution in [0.15, 0.2) is 12.1 Å². The van der Waals surface area contributed by atoms with Gasteiger partial charge in [0.25, 0.3) is 0 Å². The molecule has 3 heterocycles. The second-order valence-electron chi connectivity index (χ2n) is 7.20. The van der Waals surface area contributed by atoms with Gasteiger partial charge in [0.2, 0.25) is 12.5 Å². The molecule has 2 aromatic rings. The van der Waals surface area contributed by atoms with Crippen molar-refractivity contribution in [1.29, 1.82) is 0 Å². The summed E-state index contributed by atoms with van der Waals surface area (Å²) in [4.78, 5) is 2.32. The normalized spacial score (nSPS) is 15.9. The first-order chi connectivity index (χ1) is 14.2. The largest absolute Gasteiger partial charge is 0.493 e. The molecular weight excluding hydrogens is 374 g/mol. The zero-order valence-corrected chi connectivity index (χ0v) is 16.7. The van der Waals surface area contributed by atoms with Gasteiger partial charge < -0.3 is 33.7 Å². The van der Waals surface area contributed by atoms with Crippen LogP contribution < -0.4 is 23.7 Å². The van der Waals surface area contributed by atoms with Crippen molar-refractivity contribution < 1.29 is 28.8 Å². The van der Waals surface area contributed by atoms with Gasteiger partial charge in [-0.25, -0.2) is 0 Å². The number of hydrogen-bond acceptors (Lipinski definition) is 7. The van der Waals surface area contributed by atoms with Crippen molar-refractivity contribution in [1.82, 2.24) is 4.90 Å². The Labute approximate surface area is 169 Å². The van der Waals surface area contributed by atoms with Crippen LogP contribution in [0.3, 0.4) is 0 Å². The van der Waals surface area contributed by atoms with E-state index >= 15 is 0 Å². The van der Waals surface area contributed by atoms with Gasteiger partial charge in [0.15, 0.2) is 23.0 Å². The lowest BCUT2D eigenvalue weighted by atomic mass is 9.87. The second kappa shape index (κ2) is 6.77. The van der Waals surface area contributed by atoms with E-state index in [1.165, 1.54) is 5.56 Å². The van der Waals surface area contributed by atoms with Crippen LogP contribution in [0.25, 0.3) is 11.8 Å². The van der Waals surface area contributed by atoms with Crippen molar-refractivity contribution in [2.24, 2.45) is 0 Å². The molecule has 0 amide bonds. The number of benzene rings is 2. The van der Waals surface area contributed by atoms with Gasteiger partial charge in [0.05, 0.1) is 27.9 Å². The van der Waals surface area contributed by atoms with Crippen LogP contribution in [0.4, 0.5) is 0 Å². The lowest BCUT2D eigenvalue weighted by molar-refractivity contribution is 0.171. The molecule has 0 aromatic heterocycles. The number of aliphatic hydroxyl groups is 1. The number of fused-ring (bicyclic) bond motifs is 5. The lowest BCUT2D eigenvalue weighted by Gasteiger charge is -2.38. The van der Waals surface area contributed by atoms with Gasteiger partial charge in [-0.1, -0.05) is 0 Å². The van der Waals surface area contributed by atoms with Crippen LogP contribution in [0, 0.1) is 0 Å². The molecule has 0 atom stereocenters. The fourth-order valence-corrected chi connectivity index (χ4v) is 4.55. The molecule has 0 aliphatic carbocycles. The lowest BCUT2D eigenvalue weighted by Crippen LogP contribution is -2.32. The first-order valence-electron chi connectivity index (χ1n) is 9.54. The highest BCUT2D eigenvalue weighted by atomic mass is 16.7. The van der Waals surface area contributed by atoms with Gasteiger partial charge in [-0.05, 0) is 41.3 Å². The number of aliphatic hydroxyl groups excluding tert-OH is 1. The Bertz CT molecular complexity index is 1030. The van der Waals surface area contributed by atoms with Crippen LogP contribution in [-0.4, -0.2) is 44.7 Å². The summed E-state index contributed by atoms with van der Waals surface area (Å²) in [5.74, 6) is 3.27. The topological polar surface area (TPSA) is 69.6 Å². The molecule has 29 heavy (non-hydrogen) atoms. The Morgan fingerprint density at radius 3 is 2.59 bits per heavy atom. The fourth-order valence-electron chi connectivity index (χ4n) is 4.55. The van der Waals surface area contributed by atoms with Crippen LogP contribution in [0.5, 0.6) is 28.7 Å². The SMILES string of the molecule is COc1cc2c(c(CO)c1OC)C=C1c3c(cc4c(c3OC)OCO4)CCN1C2. The van der Waals surface area contributed by atoms with Gasteiger partial charge in [-0.3, -0.25) is 0 Å². The van der Waals surface area contributed by atoms with Gasteiger partial charge in [0.1, 0.15) is 0 Å². The van der Waals surface area contributed by atoms with Gasteiger partial charge in [0, 0.05) is 29.9 Å². The van der Waals surface area contributed by atoms with Gasteiger partial charge in [-0.15, -0.1) is 0 Å². The minimum absolute atomic E-state index is 0.141. The smallest absolute Gasteiger partial charge is 0.231 e. The standard InChI is InChI=1S/C22H23NO6/c1-25-17-7-13-9-23-5-4-12-6-18-21(29-11-28-18)22(27-3)19(12)16(23)8-14(13)15(10-24)20(17)26-2/h6-8,24H,4-5,9-11H2,1-3H3. The zero-order chi connectivity index (χ0) is 20.1. The summed E-state index contributed by atoms with van der Waals surface area (Å²) < 4.78 is 28.1. The average molecular weight is 397 g/mol. The van der Waals surface area contributed by atoms with E-state index in [0.29, 0.717) is 29.5 Å². The Morgan fingerprint density at radius 2 is 1.86 bits per heavy atom. The Balaban J connectivity index is 1.75. The van der Waals surface area contributed by atoms with Crippen molar-refractivity contribution in [3.8, 4) is 28.7 Å². The molecule has 5 rings (SSSR count). The van der Waals surface area contributed by atoms with Gasteiger partial charge >= 0.3 is 0 Å². The third-order valence-electron chi connectivity index (χ3n) is 5.85. The molecule has 0 fully saturated rings. The molecule has 3 aliphatic rings. The number of methoxy groups -OCH3 is 3. The van der Waals surface area contributed by atoms with Crippen molar-refractivity contribution in [3.05, 3.63) is 39.9 Å².